The summed E-state index contributed by atoms with van der Waals surface area (Å²) in [4.78, 5) is 24.1. The highest BCUT2D eigenvalue weighted by atomic mass is 32.1. The fraction of sp³-hybridized carbons (Fsp3) is 0.269. The summed E-state index contributed by atoms with van der Waals surface area (Å²) in [6.45, 7) is 5.83. The number of hydrogen-bond acceptors (Lipinski definition) is 8. The first kappa shape index (κ1) is 23.1. The van der Waals surface area contributed by atoms with E-state index in [0.717, 1.165) is 39.7 Å². The standard InChI is InChI=1S/C26H26N4O4S/c1-2-33-23-14-19(5-8-22(23)34-17-18-4-3-9-27-16-18)25(31)28-20-6-7-21-24(15-20)35-26(29-21)30-10-12-32-13-11-30/h3-9,14-16H,2,10-13,17H2,1H3,(H,28,31). The summed E-state index contributed by atoms with van der Waals surface area (Å²) in [5.41, 5.74) is 3.07. The van der Waals surface area contributed by atoms with Crippen LogP contribution in [0.3, 0.4) is 0 Å². The van der Waals surface area contributed by atoms with E-state index in [1.54, 1.807) is 41.9 Å². The summed E-state index contributed by atoms with van der Waals surface area (Å²) in [6.07, 6.45) is 3.48. The third kappa shape index (κ3) is 5.52. The number of carbonyl (C=O) groups is 1. The third-order valence-electron chi connectivity index (χ3n) is 5.54. The highest BCUT2D eigenvalue weighted by Crippen LogP contribution is 2.32. The van der Waals surface area contributed by atoms with Gasteiger partial charge < -0.3 is 24.4 Å². The first-order valence-electron chi connectivity index (χ1n) is 11.5. The van der Waals surface area contributed by atoms with Crippen LogP contribution >= 0.6 is 11.3 Å². The van der Waals surface area contributed by atoms with Crippen LogP contribution in [0.2, 0.25) is 0 Å². The number of fused-ring (bicyclic) bond motifs is 1. The quantitative estimate of drug-likeness (QED) is 0.381. The lowest BCUT2D eigenvalue weighted by Gasteiger charge is -2.25. The Morgan fingerprint density at radius 3 is 2.80 bits per heavy atom. The average Bonchev–Trinajstić information content (AvgIpc) is 3.33. The number of hydrogen-bond donors (Lipinski definition) is 1. The normalized spacial score (nSPS) is 13.6. The van der Waals surface area contributed by atoms with Crippen LogP contribution in [0.15, 0.2) is 60.9 Å². The zero-order valence-electron chi connectivity index (χ0n) is 19.4. The van der Waals surface area contributed by atoms with Gasteiger partial charge in [-0.2, -0.15) is 0 Å². The number of nitrogens with one attached hydrogen (secondary N) is 1. The fourth-order valence-electron chi connectivity index (χ4n) is 3.76. The van der Waals surface area contributed by atoms with E-state index in [-0.39, 0.29) is 5.91 Å². The molecule has 4 aromatic rings. The number of carbonyl (C=O) groups excluding carboxylic acids is 1. The number of ether oxygens (including phenoxy) is 3. The van der Waals surface area contributed by atoms with Crippen molar-refractivity contribution in [3.8, 4) is 11.5 Å². The molecule has 1 aliphatic rings. The number of pyridine rings is 1. The molecule has 1 amide bonds. The number of rotatable bonds is 8. The minimum Gasteiger partial charge on any atom is -0.490 e. The molecule has 3 heterocycles. The van der Waals surface area contributed by atoms with E-state index in [4.69, 9.17) is 19.2 Å². The summed E-state index contributed by atoms with van der Waals surface area (Å²) in [7, 11) is 0. The molecule has 0 bridgehead atoms. The summed E-state index contributed by atoms with van der Waals surface area (Å²) in [5.74, 6) is 0.883. The van der Waals surface area contributed by atoms with Crippen LogP contribution in [-0.2, 0) is 11.3 Å². The smallest absolute Gasteiger partial charge is 0.255 e. The van der Waals surface area contributed by atoms with Gasteiger partial charge >= 0.3 is 0 Å². The predicted molar refractivity (Wildman–Crippen MR) is 137 cm³/mol. The molecule has 2 aromatic carbocycles. The summed E-state index contributed by atoms with van der Waals surface area (Å²) in [5, 5.41) is 3.97. The molecular formula is C26H26N4O4S. The highest BCUT2D eigenvalue weighted by molar-refractivity contribution is 7.22. The number of amides is 1. The molecule has 0 unspecified atom stereocenters. The Balaban J connectivity index is 1.29. The molecule has 1 fully saturated rings. The van der Waals surface area contributed by atoms with E-state index in [9.17, 15) is 4.79 Å². The van der Waals surface area contributed by atoms with Crippen molar-refractivity contribution in [1.29, 1.82) is 0 Å². The molecule has 2 aromatic heterocycles. The average molecular weight is 491 g/mol. The second-order valence-corrected chi connectivity index (χ2v) is 8.99. The third-order valence-corrected chi connectivity index (χ3v) is 6.62. The van der Waals surface area contributed by atoms with Gasteiger partial charge in [-0.05, 0) is 49.4 Å². The number of morpholine rings is 1. The summed E-state index contributed by atoms with van der Waals surface area (Å²) < 4.78 is 18.1. The van der Waals surface area contributed by atoms with Gasteiger partial charge in [0.25, 0.3) is 5.91 Å². The van der Waals surface area contributed by atoms with E-state index in [1.165, 1.54) is 0 Å². The maximum atomic E-state index is 13.0. The first-order chi connectivity index (χ1) is 17.2. The van der Waals surface area contributed by atoms with Gasteiger partial charge in [-0.15, -0.1) is 0 Å². The number of thiazole rings is 1. The molecule has 1 saturated heterocycles. The molecule has 1 N–H and O–H groups in total. The van der Waals surface area contributed by atoms with Crippen LogP contribution in [0.5, 0.6) is 11.5 Å². The van der Waals surface area contributed by atoms with Gasteiger partial charge in [-0.25, -0.2) is 4.98 Å². The van der Waals surface area contributed by atoms with Crippen molar-refractivity contribution in [3.63, 3.8) is 0 Å². The first-order valence-corrected chi connectivity index (χ1v) is 12.3. The molecule has 0 spiro atoms. The van der Waals surface area contributed by atoms with E-state index in [1.807, 2.05) is 37.3 Å². The van der Waals surface area contributed by atoms with Gasteiger partial charge in [-0.3, -0.25) is 9.78 Å². The Morgan fingerprint density at radius 2 is 2.00 bits per heavy atom. The molecule has 0 atom stereocenters. The Bertz CT molecular complexity index is 1310. The highest BCUT2D eigenvalue weighted by Gasteiger charge is 2.17. The zero-order valence-corrected chi connectivity index (χ0v) is 20.2. The molecular weight excluding hydrogens is 464 g/mol. The Morgan fingerprint density at radius 1 is 1.11 bits per heavy atom. The van der Waals surface area contributed by atoms with Crippen LogP contribution in [0.25, 0.3) is 10.2 Å². The van der Waals surface area contributed by atoms with Gasteiger partial charge in [0.2, 0.25) is 0 Å². The van der Waals surface area contributed by atoms with Crippen LogP contribution in [0.4, 0.5) is 10.8 Å². The monoisotopic (exact) mass is 490 g/mol. The van der Waals surface area contributed by atoms with Crippen molar-refractivity contribution in [1.82, 2.24) is 9.97 Å². The number of nitrogens with zero attached hydrogens (tertiary/aromatic N) is 3. The van der Waals surface area contributed by atoms with E-state index in [2.05, 4.69) is 15.2 Å². The van der Waals surface area contributed by atoms with Crippen molar-refractivity contribution < 1.29 is 19.0 Å². The molecule has 0 aliphatic carbocycles. The van der Waals surface area contributed by atoms with E-state index < -0.39 is 0 Å². The Kier molecular flexibility index (Phi) is 7.06. The minimum absolute atomic E-state index is 0.220. The topological polar surface area (TPSA) is 85.8 Å². The van der Waals surface area contributed by atoms with Gasteiger partial charge in [0.1, 0.15) is 6.61 Å². The maximum Gasteiger partial charge on any atom is 0.255 e. The van der Waals surface area contributed by atoms with Gasteiger partial charge in [0, 0.05) is 42.3 Å². The SMILES string of the molecule is CCOc1cc(C(=O)Nc2ccc3nc(N4CCOCC4)sc3c2)ccc1OCc1cccnc1. The lowest BCUT2D eigenvalue weighted by Crippen LogP contribution is -2.36. The van der Waals surface area contributed by atoms with Crippen LogP contribution < -0.4 is 19.7 Å². The van der Waals surface area contributed by atoms with Crippen molar-refractivity contribution in [3.05, 3.63) is 72.1 Å². The number of aromatic nitrogens is 2. The molecule has 0 saturated carbocycles. The zero-order chi connectivity index (χ0) is 24.0. The Labute approximate surface area is 207 Å². The van der Waals surface area contributed by atoms with Crippen LogP contribution in [-0.4, -0.2) is 48.8 Å². The van der Waals surface area contributed by atoms with Gasteiger partial charge in [0.05, 0.1) is 30.0 Å². The lowest BCUT2D eigenvalue weighted by atomic mass is 10.1. The second-order valence-electron chi connectivity index (χ2n) is 7.98. The molecule has 0 radical (unpaired) electrons. The minimum atomic E-state index is -0.220. The van der Waals surface area contributed by atoms with Crippen molar-refractivity contribution in [2.24, 2.45) is 0 Å². The lowest BCUT2D eigenvalue weighted by molar-refractivity contribution is 0.102. The van der Waals surface area contributed by atoms with Crippen molar-refractivity contribution in [2.45, 2.75) is 13.5 Å². The molecule has 180 valence electrons. The van der Waals surface area contributed by atoms with Crippen molar-refractivity contribution >= 4 is 38.3 Å². The fourth-order valence-corrected chi connectivity index (χ4v) is 4.82. The van der Waals surface area contributed by atoms with Crippen LogP contribution in [0.1, 0.15) is 22.8 Å². The van der Waals surface area contributed by atoms with Gasteiger partial charge in [-0.1, -0.05) is 17.4 Å². The second kappa shape index (κ2) is 10.7. The maximum absolute atomic E-state index is 13.0. The number of anilines is 2. The molecule has 35 heavy (non-hydrogen) atoms. The molecule has 1 aliphatic heterocycles. The number of benzene rings is 2. The van der Waals surface area contributed by atoms with E-state index in [0.29, 0.717) is 43.5 Å². The summed E-state index contributed by atoms with van der Waals surface area (Å²) >= 11 is 1.62. The molecule has 9 heteroatoms. The Hall–Kier alpha value is -3.69. The van der Waals surface area contributed by atoms with E-state index >= 15 is 0 Å². The van der Waals surface area contributed by atoms with Gasteiger partial charge in [0.15, 0.2) is 16.6 Å². The molecule has 5 rings (SSSR count). The summed E-state index contributed by atoms with van der Waals surface area (Å²) in [6, 6.07) is 14.8. The molecule has 8 nitrogen and oxygen atoms in total. The van der Waals surface area contributed by atoms with Crippen LogP contribution in [0, 0.1) is 0 Å². The largest absolute Gasteiger partial charge is 0.490 e. The van der Waals surface area contributed by atoms with Crippen molar-refractivity contribution in [2.75, 3.05) is 43.1 Å². The predicted octanol–water partition coefficient (Wildman–Crippen LogP) is 4.76.